The molecule has 4 heteroatoms. The van der Waals surface area contributed by atoms with Crippen molar-refractivity contribution in [3.8, 4) is 11.5 Å². The third-order valence-corrected chi connectivity index (χ3v) is 3.22. The third kappa shape index (κ3) is 1.64. The average molecular weight is 253 g/mol. The zero-order valence-electron chi connectivity index (χ0n) is 10.1. The summed E-state index contributed by atoms with van der Waals surface area (Å²) in [5, 5.41) is 5.08. The van der Waals surface area contributed by atoms with Crippen molar-refractivity contribution in [2.45, 2.75) is 6.10 Å². The number of benzene rings is 2. The van der Waals surface area contributed by atoms with E-state index in [0.29, 0.717) is 6.61 Å². The van der Waals surface area contributed by atoms with Gasteiger partial charge in [-0.05, 0) is 24.3 Å². The molecule has 4 nitrogen and oxygen atoms in total. The lowest BCUT2D eigenvalue weighted by atomic mass is 10.1. The average Bonchev–Trinajstić information content (AvgIpc) is 2.91. The van der Waals surface area contributed by atoms with E-state index in [9.17, 15) is 0 Å². The van der Waals surface area contributed by atoms with Crippen LogP contribution in [-0.2, 0) is 0 Å². The predicted molar refractivity (Wildman–Crippen MR) is 69.3 cm³/mol. The molecule has 0 spiro atoms. The number of fused-ring (bicyclic) bond motifs is 2. The summed E-state index contributed by atoms with van der Waals surface area (Å²) in [6.45, 7) is 0.438. The molecule has 2 aromatic carbocycles. The fraction of sp³-hybridized carbons (Fsp3) is 0.133. The molecule has 0 amide bonds. The molecular formula is C15H11NO3. The zero-order valence-corrected chi connectivity index (χ0v) is 10.1. The van der Waals surface area contributed by atoms with Crippen LogP contribution in [0.3, 0.4) is 0 Å². The Balaban J connectivity index is 1.75. The second-order valence-corrected chi connectivity index (χ2v) is 4.43. The van der Waals surface area contributed by atoms with Crippen LogP contribution in [-0.4, -0.2) is 11.8 Å². The van der Waals surface area contributed by atoms with Gasteiger partial charge in [0.1, 0.15) is 12.3 Å². The van der Waals surface area contributed by atoms with Crippen LogP contribution >= 0.6 is 0 Å². The van der Waals surface area contributed by atoms with E-state index in [2.05, 4.69) is 5.16 Å². The van der Waals surface area contributed by atoms with Gasteiger partial charge in [-0.25, -0.2) is 0 Å². The highest BCUT2D eigenvalue weighted by molar-refractivity contribution is 5.79. The molecule has 2 heterocycles. The molecule has 1 unspecified atom stereocenters. The predicted octanol–water partition coefficient (Wildman–Crippen LogP) is 3.34. The standard InChI is InChI=1S/C15H11NO3/c1-2-6-11-10(5-1)15(16-19-11)14-9-17-12-7-3-4-8-13(12)18-14/h1-8,14H,9H2. The molecular weight excluding hydrogens is 242 g/mol. The number of ether oxygens (including phenoxy) is 2. The SMILES string of the molecule is c1ccc2c(c1)OCC(c1noc3ccccc13)O2. The number of para-hydroxylation sites is 3. The van der Waals surface area contributed by atoms with Crippen molar-refractivity contribution in [2.75, 3.05) is 6.61 Å². The lowest BCUT2D eigenvalue weighted by Crippen LogP contribution is -2.21. The molecule has 0 radical (unpaired) electrons. The highest BCUT2D eigenvalue weighted by atomic mass is 16.6. The van der Waals surface area contributed by atoms with Crippen molar-refractivity contribution >= 4 is 11.0 Å². The minimum Gasteiger partial charge on any atom is -0.485 e. The van der Waals surface area contributed by atoms with Crippen LogP contribution in [0.5, 0.6) is 11.5 Å². The van der Waals surface area contributed by atoms with Crippen LogP contribution in [0.4, 0.5) is 0 Å². The molecule has 1 aliphatic heterocycles. The van der Waals surface area contributed by atoms with Crippen molar-refractivity contribution in [3.63, 3.8) is 0 Å². The first-order chi connectivity index (χ1) is 9.42. The number of hydrogen-bond donors (Lipinski definition) is 0. The lowest BCUT2D eigenvalue weighted by molar-refractivity contribution is 0.0867. The second kappa shape index (κ2) is 4.02. The van der Waals surface area contributed by atoms with E-state index in [4.69, 9.17) is 14.0 Å². The van der Waals surface area contributed by atoms with Gasteiger partial charge < -0.3 is 14.0 Å². The highest BCUT2D eigenvalue weighted by Crippen LogP contribution is 2.37. The van der Waals surface area contributed by atoms with E-state index in [-0.39, 0.29) is 6.10 Å². The molecule has 1 atom stereocenters. The summed E-state index contributed by atoms with van der Waals surface area (Å²) in [5.74, 6) is 1.51. The normalized spacial score (nSPS) is 17.6. The van der Waals surface area contributed by atoms with Crippen molar-refractivity contribution < 1.29 is 14.0 Å². The van der Waals surface area contributed by atoms with Crippen LogP contribution in [0.1, 0.15) is 11.8 Å². The third-order valence-electron chi connectivity index (χ3n) is 3.22. The molecule has 94 valence electrons. The van der Waals surface area contributed by atoms with Gasteiger partial charge in [-0.2, -0.15) is 0 Å². The van der Waals surface area contributed by atoms with Gasteiger partial charge in [-0.3, -0.25) is 0 Å². The van der Waals surface area contributed by atoms with Gasteiger partial charge in [0.05, 0.1) is 0 Å². The minimum absolute atomic E-state index is 0.237. The Hall–Kier alpha value is -2.49. The van der Waals surface area contributed by atoms with Crippen LogP contribution in [0.25, 0.3) is 11.0 Å². The van der Waals surface area contributed by atoms with Crippen molar-refractivity contribution in [1.29, 1.82) is 0 Å². The molecule has 1 aromatic heterocycles. The zero-order chi connectivity index (χ0) is 12.7. The Bertz CT molecular complexity index is 735. The lowest BCUT2D eigenvalue weighted by Gasteiger charge is -2.25. The van der Waals surface area contributed by atoms with Crippen molar-refractivity contribution in [2.24, 2.45) is 0 Å². The second-order valence-electron chi connectivity index (χ2n) is 4.43. The first-order valence-electron chi connectivity index (χ1n) is 6.14. The van der Waals surface area contributed by atoms with E-state index >= 15 is 0 Å². The summed E-state index contributed by atoms with van der Waals surface area (Å²) in [4.78, 5) is 0. The van der Waals surface area contributed by atoms with Gasteiger partial charge in [0.2, 0.25) is 0 Å². The first kappa shape index (κ1) is 10.4. The molecule has 1 aliphatic rings. The summed E-state index contributed by atoms with van der Waals surface area (Å²) >= 11 is 0. The molecule has 0 aliphatic carbocycles. The van der Waals surface area contributed by atoms with Gasteiger partial charge >= 0.3 is 0 Å². The summed E-state index contributed by atoms with van der Waals surface area (Å²) < 4.78 is 16.9. The van der Waals surface area contributed by atoms with Crippen LogP contribution in [0.2, 0.25) is 0 Å². The Morgan fingerprint density at radius 3 is 2.68 bits per heavy atom. The minimum atomic E-state index is -0.237. The maximum Gasteiger partial charge on any atom is 0.179 e. The smallest absolute Gasteiger partial charge is 0.179 e. The van der Waals surface area contributed by atoms with Gasteiger partial charge in [-0.1, -0.05) is 29.4 Å². The van der Waals surface area contributed by atoms with E-state index in [1.165, 1.54) is 0 Å². The summed E-state index contributed by atoms with van der Waals surface area (Å²) in [5.41, 5.74) is 1.55. The van der Waals surface area contributed by atoms with Crippen molar-refractivity contribution in [3.05, 3.63) is 54.2 Å². The van der Waals surface area contributed by atoms with Gasteiger partial charge in [0.15, 0.2) is 23.2 Å². The van der Waals surface area contributed by atoms with Gasteiger partial charge in [0, 0.05) is 5.39 Å². The monoisotopic (exact) mass is 253 g/mol. The molecule has 0 N–H and O–H groups in total. The Labute approximate surface area is 109 Å². The van der Waals surface area contributed by atoms with E-state index in [1.54, 1.807) is 0 Å². The summed E-state index contributed by atoms with van der Waals surface area (Å²) in [7, 11) is 0. The fourth-order valence-corrected chi connectivity index (χ4v) is 2.29. The molecule has 3 aromatic rings. The van der Waals surface area contributed by atoms with Crippen LogP contribution in [0, 0.1) is 0 Å². The topological polar surface area (TPSA) is 44.5 Å². The number of nitrogens with zero attached hydrogens (tertiary/aromatic N) is 1. The Morgan fingerprint density at radius 2 is 1.74 bits per heavy atom. The molecule has 19 heavy (non-hydrogen) atoms. The van der Waals surface area contributed by atoms with Gasteiger partial charge in [-0.15, -0.1) is 0 Å². The fourth-order valence-electron chi connectivity index (χ4n) is 2.29. The van der Waals surface area contributed by atoms with E-state index < -0.39 is 0 Å². The van der Waals surface area contributed by atoms with Crippen LogP contribution < -0.4 is 9.47 Å². The summed E-state index contributed by atoms with van der Waals surface area (Å²) in [6, 6.07) is 15.4. The number of rotatable bonds is 1. The van der Waals surface area contributed by atoms with Gasteiger partial charge in [0.25, 0.3) is 0 Å². The largest absolute Gasteiger partial charge is 0.485 e. The molecule has 4 rings (SSSR count). The molecule has 0 saturated carbocycles. The van der Waals surface area contributed by atoms with E-state index in [0.717, 1.165) is 28.2 Å². The summed E-state index contributed by atoms with van der Waals surface area (Å²) in [6.07, 6.45) is -0.237. The molecule has 0 fully saturated rings. The van der Waals surface area contributed by atoms with Crippen molar-refractivity contribution in [1.82, 2.24) is 5.16 Å². The number of aromatic nitrogens is 1. The molecule has 0 saturated heterocycles. The molecule has 0 bridgehead atoms. The highest BCUT2D eigenvalue weighted by Gasteiger charge is 2.26. The maximum absolute atomic E-state index is 5.94. The van der Waals surface area contributed by atoms with Crippen LogP contribution in [0.15, 0.2) is 53.1 Å². The quantitative estimate of drug-likeness (QED) is 0.667. The number of hydrogen-bond acceptors (Lipinski definition) is 4. The Morgan fingerprint density at radius 1 is 0.947 bits per heavy atom. The Kier molecular flexibility index (Phi) is 2.21. The van der Waals surface area contributed by atoms with E-state index in [1.807, 2.05) is 48.5 Å². The first-order valence-corrected chi connectivity index (χ1v) is 6.14. The maximum atomic E-state index is 5.94.